The average molecular weight is 277 g/mol. The number of para-hydroxylation sites is 2. The van der Waals surface area contributed by atoms with Crippen molar-refractivity contribution in [3.63, 3.8) is 0 Å². The maximum absolute atomic E-state index is 6.21. The van der Waals surface area contributed by atoms with Crippen LogP contribution in [0.5, 0.6) is 11.5 Å². The second kappa shape index (κ2) is 4.70. The van der Waals surface area contributed by atoms with Crippen LogP contribution in [0.15, 0.2) is 66.9 Å². The molecule has 0 spiro atoms. The molecule has 3 heteroatoms. The van der Waals surface area contributed by atoms with Gasteiger partial charge in [-0.3, -0.25) is 0 Å². The molecule has 1 aliphatic rings. The minimum absolute atomic E-state index is 0.0965. The summed E-state index contributed by atoms with van der Waals surface area (Å²) in [6, 6.07) is 20.3. The Bertz CT molecular complexity index is 774. The topological polar surface area (TPSA) is 23.4 Å². The first-order chi connectivity index (χ1) is 10.4. The molecule has 2 heterocycles. The van der Waals surface area contributed by atoms with Crippen molar-refractivity contribution >= 4 is 0 Å². The summed E-state index contributed by atoms with van der Waals surface area (Å²) in [7, 11) is 1.67. The number of nitrogens with zero attached hydrogens (tertiary/aromatic N) is 1. The Labute approximate surface area is 123 Å². The van der Waals surface area contributed by atoms with Gasteiger partial charge in [0.1, 0.15) is 11.5 Å². The number of aromatic nitrogens is 1. The monoisotopic (exact) mass is 277 g/mol. The van der Waals surface area contributed by atoms with Crippen molar-refractivity contribution in [1.82, 2.24) is 4.57 Å². The summed E-state index contributed by atoms with van der Waals surface area (Å²) in [4.78, 5) is 0. The number of benzene rings is 2. The zero-order valence-corrected chi connectivity index (χ0v) is 11.7. The SMILES string of the molecule is COc1ccc([C@@H]2Oc3ccccc3-n3cccc32)cc1. The molecule has 1 aromatic heterocycles. The Morgan fingerprint density at radius 2 is 1.76 bits per heavy atom. The van der Waals surface area contributed by atoms with Crippen molar-refractivity contribution in [1.29, 1.82) is 0 Å². The van der Waals surface area contributed by atoms with Gasteiger partial charge in [0.2, 0.25) is 0 Å². The summed E-state index contributed by atoms with van der Waals surface area (Å²) >= 11 is 0. The van der Waals surface area contributed by atoms with Crippen molar-refractivity contribution in [2.24, 2.45) is 0 Å². The van der Waals surface area contributed by atoms with E-state index >= 15 is 0 Å². The van der Waals surface area contributed by atoms with E-state index in [-0.39, 0.29) is 6.10 Å². The van der Waals surface area contributed by atoms with Crippen LogP contribution in [0.3, 0.4) is 0 Å². The number of hydrogen-bond donors (Lipinski definition) is 0. The summed E-state index contributed by atoms with van der Waals surface area (Å²) in [6.07, 6.45) is 1.98. The van der Waals surface area contributed by atoms with E-state index in [1.54, 1.807) is 7.11 Å². The fourth-order valence-corrected chi connectivity index (χ4v) is 2.79. The van der Waals surface area contributed by atoms with E-state index in [4.69, 9.17) is 9.47 Å². The van der Waals surface area contributed by atoms with Crippen LogP contribution in [0, 0.1) is 0 Å². The molecule has 0 N–H and O–H groups in total. The minimum atomic E-state index is -0.0965. The number of hydrogen-bond acceptors (Lipinski definition) is 2. The van der Waals surface area contributed by atoms with Crippen molar-refractivity contribution in [3.05, 3.63) is 78.1 Å². The normalized spacial score (nSPS) is 15.8. The fraction of sp³-hybridized carbons (Fsp3) is 0.111. The molecule has 0 radical (unpaired) electrons. The van der Waals surface area contributed by atoms with Crippen LogP contribution < -0.4 is 9.47 Å². The molecule has 0 bridgehead atoms. The van der Waals surface area contributed by atoms with Gasteiger partial charge in [0.05, 0.1) is 18.5 Å². The molecule has 2 aromatic carbocycles. The lowest BCUT2D eigenvalue weighted by atomic mass is 10.0. The summed E-state index contributed by atoms with van der Waals surface area (Å²) < 4.78 is 13.6. The first kappa shape index (κ1) is 12.1. The molecule has 1 atom stereocenters. The van der Waals surface area contributed by atoms with Crippen LogP contribution in [0.4, 0.5) is 0 Å². The molecule has 1 aliphatic heterocycles. The molecule has 0 aliphatic carbocycles. The number of ether oxygens (including phenoxy) is 2. The fourth-order valence-electron chi connectivity index (χ4n) is 2.79. The zero-order chi connectivity index (χ0) is 14.2. The standard InChI is InChI=1S/C18H15NO2/c1-20-14-10-8-13(9-11-14)18-16-6-4-12-19(16)15-5-2-3-7-17(15)21-18/h2-12,18H,1H3/t18-/m0/s1. The van der Waals surface area contributed by atoms with E-state index in [1.165, 1.54) is 0 Å². The molecule has 0 saturated carbocycles. The van der Waals surface area contributed by atoms with E-state index in [0.29, 0.717) is 0 Å². The lowest BCUT2D eigenvalue weighted by molar-refractivity contribution is 0.227. The van der Waals surface area contributed by atoms with Gasteiger partial charge >= 0.3 is 0 Å². The van der Waals surface area contributed by atoms with Crippen LogP contribution >= 0.6 is 0 Å². The predicted octanol–water partition coefficient (Wildman–Crippen LogP) is 3.97. The largest absolute Gasteiger partial charge is 0.497 e. The molecule has 0 unspecified atom stereocenters. The Morgan fingerprint density at radius 1 is 0.952 bits per heavy atom. The lowest BCUT2D eigenvalue weighted by Crippen LogP contribution is -2.19. The van der Waals surface area contributed by atoms with Gasteiger partial charge in [-0.15, -0.1) is 0 Å². The summed E-state index contributed by atoms with van der Waals surface area (Å²) in [5.41, 5.74) is 3.34. The van der Waals surface area contributed by atoms with Crippen molar-refractivity contribution < 1.29 is 9.47 Å². The first-order valence-corrected chi connectivity index (χ1v) is 6.94. The molecule has 3 nitrogen and oxygen atoms in total. The lowest BCUT2D eigenvalue weighted by Gasteiger charge is -2.28. The van der Waals surface area contributed by atoms with Crippen molar-refractivity contribution in [2.45, 2.75) is 6.10 Å². The average Bonchev–Trinajstić information content (AvgIpc) is 3.04. The second-order valence-electron chi connectivity index (χ2n) is 5.04. The van der Waals surface area contributed by atoms with E-state index in [1.807, 2.05) is 30.3 Å². The highest BCUT2D eigenvalue weighted by molar-refractivity contribution is 5.52. The second-order valence-corrected chi connectivity index (χ2v) is 5.04. The summed E-state index contributed by atoms with van der Waals surface area (Å²) in [6.45, 7) is 0. The van der Waals surface area contributed by atoms with Gasteiger partial charge < -0.3 is 14.0 Å². The number of fused-ring (bicyclic) bond motifs is 3. The molecular formula is C18H15NO2. The third-order valence-corrected chi connectivity index (χ3v) is 3.84. The third kappa shape index (κ3) is 1.89. The van der Waals surface area contributed by atoms with Gasteiger partial charge in [-0.2, -0.15) is 0 Å². The van der Waals surface area contributed by atoms with Crippen LogP contribution in [0.2, 0.25) is 0 Å². The van der Waals surface area contributed by atoms with Crippen LogP contribution in [0.1, 0.15) is 17.4 Å². The Balaban J connectivity index is 1.81. The van der Waals surface area contributed by atoms with Gasteiger partial charge in [-0.1, -0.05) is 24.3 Å². The minimum Gasteiger partial charge on any atom is -0.497 e. The molecule has 0 fully saturated rings. The van der Waals surface area contributed by atoms with Crippen molar-refractivity contribution in [3.8, 4) is 17.2 Å². The summed E-state index contributed by atoms with van der Waals surface area (Å²) in [5.74, 6) is 1.76. The maximum atomic E-state index is 6.21. The molecule has 104 valence electrons. The highest BCUT2D eigenvalue weighted by Gasteiger charge is 2.26. The quantitative estimate of drug-likeness (QED) is 0.707. The Hall–Kier alpha value is -2.68. The van der Waals surface area contributed by atoms with Crippen LogP contribution in [-0.4, -0.2) is 11.7 Å². The summed E-state index contributed by atoms with van der Waals surface area (Å²) in [5, 5.41) is 0. The van der Waals surface area contributed by atoms with E-state index < -0.39 is 0 Å². The van der Waals surface area contributed by atoms with Crippen LogP contribution in [0.25, 0.3) is 5.69 Å². The molecule has 3 aromatic rings. The predicted molar refractivity (Wildman–Crippen MR) is 81.2 cm³/mol. The maximum Gasteiger partial charge on any atom is 0.164 e. The highest BCUT2D eigenvalue weighted by Crippen LogP contribution is 2.38. The Morgan fingerprint density at radius 3 is 2.57 bits per heavy atom. The van der Waals surface area contributed by atoms with Gasteiger partial charge in [0.25, 0.3) is 0 Å². The highest BCUT2D eigenvalue weighted by atomic mass is 16.5. The zero-order valence-electron chi connectivity index (χ0n) is 11.7. The Kier molecular flexibility index (Phi) is 2.71. The van der Waals surface area contributed by atoms with Crippen molar-refractivity contribution in [2.75, 3.05) is 7.11 Å². The van der Waals surface area contributed by atoms with Gasteiger partial charge in [0, 0.05) is 6.20 Å². The van der Waals surface area contributed by atoms with E-state index in [0.717, 1.165) is 28.4 Å². The molecule has 0 saturated heterocycles. The smallest absolute Gasteiger partial charge is 0.164 e. The van der Waals surface area contributed by atoms with E-state index in [9.17, 15) is 0 Å². The van der Waals surface area contributed by atoms with E-state index in [2.05, 4.69) is 41.1 Å². The molecule has 21 heavy (non-hydrogen) atoms. The first-order valence-electron chi connectivity index (χ1n) is 6.94. The molecule has 4 rings (SSSR count). The third-order valence-electron chi connectivity index (χ3n) is 3.84. The van der Waals surface area contributed by atoms with Gasteiger partial charge in [0.15, 0.2) is 6.10 Å². The van der Waals surface area contributed by atoms with Crippen LogP contribution in [-0.2, 0) is 0 Å². The number of methoxy groups -OCH3 is 1. The van der Waals surface area contributed by atoms with Gasteiger partial charge in [-0.05, 0) is 42.0 Å². The number of rotatable bonds is 2. The molecule has 0 amide bonds. The molecular weight excluding hydrogens is 262 g/mol. The van der Waals surface area contributed by atoms with Gasteiger partial charge in [-0.25, -0.2) is 0 Å².